The van der Waals surface area contributed by atoms with Gasteiger partial charge in [-0.2, -0.15) is 0 Å². The summed E-state index contributed by atoms with van der Waals surface area (Å²) < 4.78 is 31.9. The van der Waals surface area contributed by atoms with Crippen molar-refractivity contribution in [3.05, 3.63) is 35.9 Å². The second-order valence-corrected chi connectivity index (χ2v) is 9.27. The third-order valence-corrected chi connectivity index (χ3v) is 6.19. The van der Waals surface area contributed by atoms with E-state index in [-0.39, 0.29) is 12.1 Å². The molecule has 0 spiro atoms. The van der Waals surface area contributed by atoms with Gasteiger partial charge in [0.05, 0.1) is 18.4 Å². The molecule has 25 heavy (non-hydrogen) atoms. The van der Waals surface area contributed by atoms with Gasteiger partial charge < -0.3 is 10.1 Å². The molecule has 1 aliphatic carbocycles. The second-order valence-electron chi connectivity index (χ2n) is 7.49. The number of benzene rings is 1. The van der Waals surface area contributed by atoms with Gasteiger partial charge in [-0.05, 0) is 56.0 Å². The van der Waals surface area contributed by atoms with Crippen LogP contribution in [-0.2, 0) is 14.8 Å². The highest BCUT2D eigenvalue weighted by molar-refractivity contribution is 7.88. The lowest BCUT2D eigenvalue weighted by Gasteiger charge is -2.34. The Balaban J connectivity index is 1.45. The molecule has 2 aliphatic rings. The number of piperidine rings is 1. The highest BCUT2D eigenvalue weighted by Gasteiger charge is 2.29. The van der Waals surface area contributed by atoms with Gasteiger partial charge in [-0.15, -0.1) is 0 Å². The van der Waals surface area contributed by atoms with Crippen LogP contribution in [0.25, 0.3) is 0 Å². The summed E-state index contributed by atoms with van der Waals surface area (Å²) in [6, 6.07) is 10.7. The van der Waals surface area contributed by atoms with Crippen LogP contribution in [-0.4, -0.2) is 46.5 Å². The molecule has 1 saturated heterocycles. The zero-order chi connectivity index (χ0) is 17.7. The number of sulfonamides is 1. The van der Waals surface area contributed by atoms with E-state index in [0.29, 0.717) is 18.4 Å². The molecule has 2 atom stereocenters. The fourth-order valence-electron chi connectivity index (χ4n) is 4.06. The van der Waals surface area contributed by atoms with Crippen LogP contribution in [0.5, 0.6) is 0 Å². The minimum atomic E-state index is -3.20. The summed E-state index contributed by atoms with van der Waals surface area (Å²) in [5, 5.41) is 3.31. The van der Waals surface area contributed by atoms with E-state index in [2.05, 4.69) is 40.4 Å². The van der Waals surface area contributed by atoms with Gasteiger partial charge in [0.25, 0.3) is 0 Å². The summed E-state index contributed by atoms with van der Waals surface area (Å²) in [7, 11) is -3.20. The lowest BCUT2D eigenvalue weighted by molar-refractivity contribution is -0.00653. The molecule has 5 nitrogen and oxygen atoms in total. The molecular formula is C19H30N2O3S. The van der Waals surface area contributed by atoms with E-state index >= 15 is 0 Å². The molecule has 1 heterocycles. The summed E-state index contributed by atoms with van der Waals surface area (Å²) in [6.07, 6.45) is 6.72. The molecule has 3 rings (SSSR count). The maximum absolute atomic E-state index is 11.5. The van der Waals surface area contributed by atoms with Crippen molar-refractivity contribution in [3.63, 3.8) is 0 Å². The van der Waals surface area contributed by atoms with Crippen molar-refractivity contribution in [2.24, 2.45) is 5.92 Å². The van der Waals surface area contributed by atoms with Crippen molar-refractivity contribution in [2.45, 2.75) is 50.2 Å². The molecule has 0 radical (unpaired) electrons. The van der Waals surface area contributed by atoms with Gasteiger partial charge in [-0.3, -0.25) is 0 Å². The minimum Gasteiger partial charge on any atom is -0.375 e. The molecular weight excluding hydrogens is 336 g/mol. The first-order valence-corrected chi connectivity index (χ1v) is 11.2. The van der Waals surface area contributed by atoms with E-state index in [0.717, 1.165) is 19.6 Å². The largest absolute Gasteiger partial charge is 0.375 e. The first-order chi connectivity index (χ1) is 12.0. The molecule has 0 unspecified atom stereocenters. The third kappa shape index (κ3) is 5.78. The summed E-state index contributed by atoms with van der Waals surface area (Å²) in [5.74, 6) is 1.26. The Kier molecular flexibility index (Phi) is 6.49. The first kappa shape index (κ1) is 18.8. The zero-order valence-electron chi connectivity index (χ0n) is 15.0. The summed E-state index contributed by atoms with van der Waals surface area (Å²) in [6.45, 7) is 2.28. The SMILES string of the molecule is CS(=O)(=O)N[C@H]1CCNC[C@H]1OC[C@H]1CC[C@@H](c2ccccc2)CC1. The standard InChI is InChI=1S/C19H30N2O3S/c1-25(22,23)21-18-11-12-20-13-19(18)24-14-15-7-9-17(10-8-15)16-5-3-2-4-6-16/h2-6,15,17-21H,7-14H2,1H3/t15-,17+,18-,19+/m0/s1. The maximum atomic E-state index is 11.5. The van der Waals surface area contributed by atoms with Crippen LogP contribution >= 0.6 is 0 Å². The quantitative estimate of drug-likeness (QED) is 0.810. The van der Waals surface area contributed by atoms with E-state index in [4.69, 9.17) is 4.74 Å². The average Bonchev–Trinajstić information content (AvgIpc) is 2.61. The molecule has 6 heteroatoms. The number of rotatable bonds is 6. The molecule has 1 aliphatic heterocycles. The summed E-state index contributed by atoms with van der Waals surface area (Å²) >= 11 is 0. The fourth-order valence-corrected chi connectivity index (χ4v) is 4.88. The normalized spacial score (nSPS) is 30.9. The van der Waals surface area contributed by atoms with Crippen molar-refractivity contribution >= 4 is 10.0 Å². The van der Waals surface area contributed by atoms with E-state index in [1.165, 1.54) is 37.5 Å². The molecule has 0 aromatic heterocycles. The number of ether oxygens (including phenoxy) is 1. The van der Waals surface area contributed by atoms with Gasteiger partial charge in [-0.25, -0.2) is 13.1 Å². The Bertz CT molecular complexity index is 627. The topological polar surface area (TPSA) is 67.4 Å². The Morgan fingerprint density at radius 2 is 1.84 bits per heavy atom. The Hall–Kier alpha value is -0.950. The summed E-state index contributed by atoms with van der Waals surface area (Å²) in [4.78, 5) is 0. The van der Waals surface area contributed by atoms with Gasteiger partial charge in [0, 0.05) is 13.2 Å². The van der Waals surface area contributed by atoms with Crippen LogP contribution in [0, 0.1) is 5.92 Å². The third-order valence-electron chi connectivity index (χ3n) is 5.46. The van der Waals surface area contributed by atoms with Crippen LogP contribution < -0.4 is 10.0 Å². The molecule has 1 saturated carbocycles. The van der Waals surface area contributed by atoms with E-state index in [1.54, 1.807) is 0 Å². The fraction of sp³-hybridized carbons (Fsp3) is 0.684. The number of nitrogens with one attached hydrogen (secondary N) is 2. The van der Waals surface area contributed by atoms with Crippen molar-refractivity contribution in [1.82, 2.24) is 10.0 Å². The predicted octanol–water partition coefficient (Wildman–Crippen LogP) is 2.26. The summed E-state index contributed by atoms with van der Waals surface area (Å²) in [5.41, 5.74) is 1.45. The molecule has 1 aromatic rings. The Morgan fingerprint density at radius 1 is 1.12 bits per heavy atom. The van der Waals surface area contributed by atoms with Gasteiger partial charge in [0.1, 0.15) is 0 Å². The Morgan fingerprint density at radius 3 is 2.52 bits per heavy atom. The molecule has 1 aromatic carbocycles. The second kappa shape index (κ2) is 8.62. The minimum absolute atomic E-state index is 0.0738. The lowest BCUT2D eigenvalue weighted by atomic mass is 9.79. The highest BCUT2D eigenvalue weighted by atomic mass is 32.2. The highest BCUT2D eigenvalue weighted by Crippen LogP contribution is 2.35. The van der Waals surface area contributed by atoms with Crippen molar-refractivity contribution < 1.29 is 13.2 Å². The number of hydrogen-bond donors (Lipinski definition) is 2. The number of hydrogen-bond acceptors (Lipinski definition) is 4. The molecule has 2 N–H and O–H groups in total. The van der Waals surface area contributed by atoms with Gasteiger partial charge >= 0.3 is 0 Å². The van der Waals surface area contributed by atoms with Crippen molar-refractivity contribution in [1.29, 1.82) is 0 Å². The van der Waals surface area contributed by atoms with Gasteiger partial charge in [0.15, 0.2) is 0 Å². The molecule has 140 valence electrons. The smallest absolute Gasteiger partial charge is 0.209 e. The van der Waals surface area contributed by atoms with Gasteiger partial charge in [-0.1, -0.05) is 30.3 Å². The van der Waals surface area contributed by atoms with Crippen LogP contribution in [0.4, 0.5) is 0 Å². The van der Waals surface area contributed by atoms with Crippen LogP contribution in [0.15, 0.2) is 30.3 Å². The average molecular weight is 367 g/mol. The maximum Gasteiger partial charge on any atom is 0.209 e. The van der Waals surface area contributed by atoms with Crippen molar-refractivity contribution in [3.8, 4) is 0 Å². The van der Waals surface area contributed by atoms with Crippen LogP contribution in [0.1, 0.15) is 43.6 Å². The Labute approximate surface area is 151 Å². The predicted molar refractivity (Wildman–Crippen MR) is 100 cm³/mol. The van der Waals surface area contributed by atoms with Crippen molar-refractivity contribution in [2.75, 3.05) is 26.0 Å². The van der Waals surface area contributed by atoms with E-state index in [1.807, 2.05) is 0 Å². The monoisotopic (exact) mass is 366 g/mol. The molecule has 0 amide bonds. The van der Waals surface area contributed by atoms with Crippen LogP contribution in [0.3, 0.4) is 0 Å². The zero-order valence-corrected chi connectivity index (χ0v) is 15.8. The molecule has 0 bridgehead atoms. The van der Waals surface area contributed by atoms with Crippen LogP contribution in [0.2, 0.25) is 0 Å². The first-order valence-electron chi connectivity index (χ1n) is 9.36. The lowest BCUT2D eigenvalue weighted by Crippen LogP contribution is -2.53. The van der Waals surface area contributed by atoms with E-state index in [9.17, 15) is 8.42 Å². The van der Waals surface area contributed by atoms with E-state index < -0.39 is 10.0 Å². The van der Waals surface area contributed by atoms with Gasteiger partial charge in [0.2, 0.25) is 10.0 Å². The molecule has 2 fully saturated rings.